The lowest BCUT2D eigenvalue weighted by atomic mass is 10.0. The molecule has 1 aliphatic rings. The first-order valence-electron chi connectivity index (χ1n) is 7.77. The van der Waals surface area contributed by atoms with Crippen LogP contribution in [0.2, 0.25) is 0 Å². The van der Waals surface area contributed by atoms with E-state index < -0.39 is 20.7 Å². The average Bonchev–Trinajstić information content (AvgIpc) is 2.53. The normalized spacial score (nSPS) is 13.5. The number of sulfonamides is 1. The van der Waals surface area contributed by atoms with Crippen molar-refractivity contribution in [2.45, 2.75) is 24.7 Å². The van der Waals surface area contributed by atoms with Gasteiger partial charge in [-0.05, 0) is 42.3 Å². The summed E-state index contributed by atoms with van der Waals surface area (Å²) in [4.78, 5) is 22.0. The van der Waals surface area contributed by atoms with Crippen LogP contribution in [0.1, 0.15) is 18.9 Å². The smallest absolute Gasteiger partial charge is 0.264 e. The Morgan fingerprint density at radius 3 is 2.62 bits per heavy atom. The Hall–Kier alpha value is -2.94. The Balaban J connectivity index is 1.91. The van der Waals surface area contributed by atoms with Crippen LogP contribution in [0, 0.1) is 5.82 Å². The molecule has 3 rings (SSSR count). The number of hydrogen-bond donors (Lipinski definition) is 3. The molecule has 2 aromatic rings. The number of rotatable bonds is 4. The van der Waals surface area contributed by atoms with Gasteiger partial charge in [0, 0.05) is 24.7 Å². The van der Waals surface area contributed by atoms with Gasteiger partial charge in [0.05, 0.1) is 5.69 Å². The first kappa shape index (κ1) is 17.9. The number of fused-ring (bicyclic) bond motifs is 1. The highest BCUT2D eigenvalue weighted by Gasteiger charge is 2.24. The van der Waals surface area contributed by atoms with Crippen LogP contribution >= 0.6 is 0 Å². The Kier molecular flexibility index (Phi) is 4.64. The van der Waals surface area contributed by atoms with Crippen LogP contribution in [-0.2, 0) is 26.0 Å². The van der Waals surface area contributed by atoms with Crippen molar-refractivity contribution >= 4 is 38.9 Å². The third-order valence-electron chi connectivity index (χ3n) is 3.78. The minimum absolute atomic E-state index is 0.182. The second-order valence-corrected chi connectivity index (χ2v) is 7.51. The molecule has 2 aromatic carbocycles. The van der Waals surface area contributed by atoms with Crippen LogP contribution < -0.4 is 15.4 Å². The van der Waals surface area contributed by atoms with Gasteiger partial charge in [0.15, 0.2) is 0 Å². The van der Waals surface area contributed by atoms with E-state index in [-0.39, 0.29) is 29.6 Å². The summed E-state index contributed by atoms with van der Waals surface area (Å²) in [6.45, 7) is 1.33. The lowest BCUT2D eigenvalue weighted by Gasteiger charge is -2.18. The van der Waals surface area contributed by atoms with E-state index in [0.29, 0.717) is 17.7 Å². The molecule has 0 spiro atoms. The lowest BCUT2D eigenvalue weighted by molar-refractivity contribution is -0.116. The van der Waals surface area contributed by atoms with Gasteiger partial charge in [-0.3, -0.25) is 14.3 Å². The molecule has 0 unspecified atom stereocenters. The summed E-state index contributed by atoms with van der Waals surface area (Å²) in [6.07, 6.45) is 0.548. The predicted octanol–water partition coefficient (Wildman–Crippen LogP) is 2.47. The number of halogens is 1. The maximum absolute atomic E-state index is 14.3. The molecule has 0 aromatic heterocycles. The summed E-state index contributed by atoms with van der Waals surface area (Å²) in [5, 5.41) is 5.06. The predicted molar refractivity (Wildman–Crippen MR) is 94.9 cm³/mol. The van der Waals surface area contributed by atoms with Crippen molar-refractivity contribution in [2.75, 3.05) is 15.4 Å². The topological polar surface area (TPSA) is 104 Å². The molecule has 0 fully saturated rings. The Morgan fingerprint density at radius 1 is 1.15 bits per heavy atom. The second kappa shape index (κ2) is 6.75. The van der Waals surface area contributed by atoms with Crippen LogP contribution in [0.15, 0.2) is 41.3 Å². The molecule has 3 N–H and O–H groups in total. The van der Waals surface area contributed by atoms with Crippen molar-refractivity contribution < 1.29 is 22.4 Å². The third kappa shape index (κ3) is 3.83. The third-order valence-corrected chi connectivity index (χ3v) is 5.17. The van der Waals surface area contributed by atoms with E-state index >= 15 is 0 Å². The maximum atomic E-state index is 14.3. The number of carbonyl (C=O) groups excluding carboxylic acids is 2. The fourth-order valence-corrected chi connectivity index (χ4v) is 3.82. The van der Waals surface area contributed by atoms with E-state index in [0.717, 1.165) is 6.07 Å². The number of aryl methyl sites for hydroxylation is 1. The number of nitrogens with one attached hydrogen (secondary N) is 3. The molecule has 26 heavy (non-hydrogen) atoms. The van der Waals surface area contributed by atoms with Crippen molar-refractivity contribution in [1.29, 1.82) is 0 Å². The Morgan fingerprint density at radius 2 is 1.88 bits per heavy atom. The van der Waals surface area contributed by atoms with Crippen LogP contribution in [0.3, 0.4) is 0 Å². The summed E-state index contributed by atoms with van der Waals surface area (Å²) in [6, 6.07) is 8.30. The van der Waals surface area contributed by atoms with Crippen molar-refractivity contribution in [2.24, 2.45) is 0 Å². The number of hydrogen-bond acceptors (Lipinski definition) is 4. The molecule has 0 atom stereocenters. The monoisotopic (exact) mass is 377 g/mol. The molecule has 2 amide bonds. The minimum atomic E-state index is -4.19. The van der Waals surface area contributed by atoms with Crippen LogP contribution in [0.5, 0.6) is 0 Å². The molecule has 0 saturated carbocycles. The van der Waals surface area contributed by atoms with Gasteiger partial charge >= 0.3 is 0 Å². The van der Waals surface area contributed by atoms with Gasteiger partial charge in [-0.1, -0.05) is 6.07 Å². The van der Waals surface area contributed by atoms with Gasteiger partial charge in [-0.15, -0.1) is 0 Å². The van der Waals surface area contributed by atoms with E-state index in [1.165, 1.54) is 25.1 Å². The summed E-state index contributed by atoms with van der Waals surface area (Å²) in [5.74, 6) is -1.50. The van der Waals surface area contributed by atoms with Crippen LogP contribution in [-0.4, -0.2) is 20.2 Å². The first-order valence-corrected chi connectivity index (χ1v) is 9.26. The highest BCUT2D eigenvalue weighted by atomic mass is 32.2. The van der Waals surface area contributed by atoms with E-state index in [2.05, 4.69) is 15.4 Å². The quantitative estimate of drug-likeness (QED) is 0.761. The van der Waals surface area contributed by atoms with E-state index in [4.69, 9.17) is 0 Å². The fraction of sp³-hybridized carbons (Fsp3) is 0.176. The average molecular weight is 377 g/mol. The molecule has 7 nitrogen and oxygen atoms in total. The lowest BCUT2D eigenvalue weighted by Crippen LogP contribution is -2.21. The molecule has 0 radical (unpaired) electrons. The molecule has 1 aliphatic heterocycles. The van der Waals surface area contributed by atoms with Gasteiger partial charge in [0.1, 0.15) is 10.7 Å². The van der Waals surface area contributed by atoms with Crippen molar-refractivity contribution in [3.8, 4) is 0 Å². The minimum Gasteiger partial charge on any atom is -0.326 e. The zero-order chi connectivity index (χ0) is 18.9. The molecule has 136 valence electrons. The largest absolute Gasteiger partial charge is 0.326 e. The number of benzene rings is 2. The molecule has 0 saturated heterocycles. The summed E-state index contributed by atoms with van der Waals surface area (Å²) >= 11 is 0. The first-order chi connectivity index (χ1) is 12.2. The van der Waals surface area contributed by atoms with Gasteiger partial charge in [0.25, 0.3) is 10.0 Å². The standard InChI is InChI=1S/C17H16FN3O4S/c1-10(22)19-12-3-2-4-13(8-12)21-26(24,25)16-7-11-5-6-17(23)20-15(11)9-14(16)18/h2-4,7-9,21H,5-6H2,1H3,(H,19,22)(H,20,23). The molecule has 0 bridgehead atoms. The SMILES string of the molecule is CC(=O)Nc1cccc(NS(=O)(=O)c2cc3c(cc2F)NC(=O)CC3)c1. The van der Waals surface area contributed by atoms with Gasteiger partial charge in [0.2, 0.25) is 11.8 Å². The van der Waals surface area contributed by atoms with E-state index in [9.17, 15) is 22.4 Å². The molecule has 9 heteroatoms. The number of anilines is 3. The van der Waals surface area contributed by atoms with Crippen LogP contribution in [0.4, 0.5) is 21.5 Å². The zero-order valence-corrected chi connectivity index (χ0v) is 14.6. The Bertz CT molecular complexity index is 1010. The molecule has 0 aliphatic carbocycles. The van der Waals surface area contributed by atoms with Crippen molar-refractivity contribution in [3.05, 3.63) is 47.8 Å². The fourth-order valence-electron chi connectivity index (χ4n) is 2.66. The summed E-state index contributed by atoms with van der Waals surface area (Å²) < 4.78 is 41.8. The highest BCUT2D eigenvalue weighted by Crippen LogP contribution is 2.29. The van der Waals surface area contributed by atoms with Crippen molar-refractivity contribution in [3.63, 3.8) is 0 Å². The van der Waals surface area contributed by atoms with Gasteiger partial charge in [-0.25, -0.2) is 12.8 Å². The second-order valence-electron chi connectivity index (χ2n) is 5.86. The van der Waals surface area contributed by atoms with E-state index in [1.54, 1.807) is 12.1 Å². The number of amides is 2. The molecule has 1 heterocycles. The van der Waals surface area contributed by atoms with Gasteiger partial charge in [-0.2, -0.15) is 0 Å². The number of carbonyl (C=O) groups is 2. The highest BCUT2D eigenvalue weighted by molar-refractivity contribution is 7.92. The molecular formula is C17H16FN3O4S. The van der Waals surface area contributed by atoms with Crippen molar-refractivity contribution in [1.82, 2.24) is 0 Å². The maximum Gasteiger partial charge on any atom is 0.264 e. The Labute approximate surface area is 149 Å². The molecular weight excluding hydrogens is 361 g/mol. The van der Waals surface area contributed by atoms with E-state index in [1.807, 2.05) is 0 Å². The van der Waals surface area contributed by atoms with Crippen LogP contribution in [0.25, 0.3) is 0 Å². The van der Waals surface area contributed by atoms with Gasteiger partial charge < -0.3 is 10.6 Å². The summed E-state index contributed by atoms with van der Waals surface area (Å²) in [7, 11) is -4.19. The summed E-state index contributed by atoms with van der Waals surface area (Å²) in [5.41, 5.74) is 1.43. The zero-order valence-electron chi connectivity index (χ0n) is 13.8.